The van der Waals surface area contributed by atoms with Crippen LogP contribution in [-0.4, -0.2) is 17.7 Å². The second kappa shape index (κ2) is 5.81. The standard InChI is InChI=1S/C12H12O3/c1-2-11(8-13)12(14)15-9-10-6-4-3-5-7-10/h3-7,13H,1,8-9H2. The van der Waals surface area contributed by atoms with Gasteiger partial charge < -0.3 is 9.84 Å². The molecular formula is C12H12O3. The molecule has 1 rings (SSSR count). The van der Waals surface area contributed by atoms with E-state index in [2.05, 4.69) is 12.3 Å². The summed E-state index contributed by atoms with van der Waals surface area (Å²) in [6.07, 6.45) is 0. The van der Waals surface area contributed by atoms with Crippen molar-refractivity contribution in [2.45, 2.75) is 6.61 Å². The van der Waals surface area contributed by atoms with Gasteiger partial charge in [-0.25, -0.2) is 4.79 Å². The zero-order valence-electron chi connectivity index (χ0n) is 8.27. The molecule has 0 aliphatic carbocycles. The monoisotopic (exact) mass is 204 g/mol. The highest BCUT2D eigenvalue weighted by molar-refractivity contribution is 5.88. The van der Waals surface area contributed by atoms with Gasteiger partial charge in [0, 0.05) is 0 Å². The summed E-state index contributed by atoms with van der Waals surface area (Å²) in [5.41, 5.74) is 3.27. The largest absolute Gasteiger partial charge is 0.457 e. The first-order valence-electron chi connectivity index (χ1n) is 4.48. The summed E-state index contributed by atoms with van der Waals surface area (Å²) in [6, 6.07) is 9.31. The second-order valence-electron chi connectivity index (χ2n) is 2.88. The molecule has 0 saturated carbocycles. The van der Waals surface area contributed by atoms with Gasteiger partial charge in [-0.05, 0) is 5.56 Å². The van der Waals surface area contributed by atoms with E-state index in [1.807, 2.05) is 30.3 Å². The molecule has 0 aliphatic rings. The van der Waals surface area contributed by atoms with E-state index in [1.165, 1.54) is 0 Å². The third-order valence-electron chi connectivity index (χ3n) is 1.83. The Morgan fingerprint density at radius 3 is 2.60 bits per heavy atom. The molecule has 15 heavy (non-hydrogen) atoms. The minimum atomic E-state index is -0.587. The Kier molecular flexibility index (Phi) is 4.35. The highest BCUT2D eigenvalue weighted by atomic mass is 16.5. The van der Waals surface area contributed by atoms with Gasteiger partial charge in [0.1, 0.15) is 12.2 Å². The van der Waals surface area contributed by atoms with Crippen molar-refractivity contribution in [1.29, 1.82) is 0 Å². The molecule has 0 atom stereocenters. The van der Waals surface area contributed by atoms with E-state index >= 15 is 0 Å². The first kappa shape index (κ1) is 11.2. The van der Waals surface area contributed by atoms with Gasteiger partial charge in [0.2, 0.25) is 0 Å². The van der Waals surface area contributed by atoms with Crippen molar-refractivity contribution in [2.75, 3.05) is 6.61 Å². The number of aliphatic hydroxyl groups is 1. The maximum Gasteiger partial charge on any atom is 0.344 e. The third kappa shape index (κ3) is 3.43. The molecule has 0 aliphatic heterocycles. The van der Waals surface area contributed by atoms with E-state index in [0.29, 0.717) is 0 Å². The lowest BCUT2D eigenvalue weighted by atomic mass is 10.2. The molecule has 3 nitrogen and oxygen atoms in total. The molecule has 3 heteroatoms. The van der Waals surface area contributed by atoms with Crippen molar-refractivity contribution in [3.8, 4) is 0 Å². The van der Waals surface area contributed by atoms with Gasteiger partial charge in [-0.1, -0.05) is 36.9 Å². The molecule has 0 heterocycles. The number of carbonyl (C=O) groups is 1. The van der Waals surface area contributed by atoms with E-state index in [4.69, 9.17) is 9.84 Å². The van der Waals surface area contributed by atoms with Crippen LogP contribution in [0.3, 0.4) is 0 Å². The number of esters is 1. The van der Waals surface area contributed by atoms with Gasteiger partial charge >= 0.3 is 5.97 Å². The summed E-state index contributed by atoms with van der Waals surface area (Å²) in [5, 5.41) is 8.75. The second-order valence-corrected chi connectivity index (χ2v) is 2.88. The third-order valence-corrected chi connectivity index (χ3v) is 1.83. The molecule has 0 bridgehead atoms. The van der Waals surface area contributed by atoms with Crippen LogP contribution in [0.25, 0.3) is 0 Å². The van der Waals surface area contributed by atoms with Crippen LogP contribution in [0.2, 0.25) is 0 Å². The van der Waals surface area contributed by atoms with Crippen molar-refractivity contribution in [1.82, 2.24) is 0 Å². The average Bonchev–Trinajstić information content (AvgIpc) is 2.29. The fourth-order valence-electron chi connectivity index (χ4n) is 1.00. The minimum absolute atomic E-state index is 0.0472. The molecule has 1 aromatic rings. The van der Waals surface area contributed by atoms with E-state index in [1.54, 1.807) is 0 Å². The molecule has 0 saturated heterocycles. The smallest absolute Gasteiger partial charge is 0.344 e. The Morgan fingerprint density at radius 2 is 2.07 bits per heavy atom. The number of carbonyl (C=O) groups excluding carboxylic acids is 1. The first-order chi connectivity index (χ1) is 7.27. The predicted molar refractivity (Wildman–Crippen MR) is 56.0 cm³/mol. The summed E-state index contributed by atoms with van der Waals surface area (Å²) in [7, 11) is 0. The lowest BCUT2D eigenvalue weighted by molar-refractivity contribution is -0.140. The number of aliphatic hydroxyl groups excluding tert-OH is 1. The fraction of sp³-hybridized carbons (Fsp3) is 0.167. The van der Waals surface area contributed by atoms with Gasteiger partial charge in [0.15, 0.2) is 0 Å². The van der Waals surface area contributed by atoms with Crippen LogP contribution >= 0.6 is 0 Å². The number of hydrogen-bond donors (Lipinski definition) is 1. The van der Waals surface area contributed by atoms with Gasteiger partial charge in [-0.3, -0.25) is 0 Å². The minimum Gasteiger partial charge on any atom is -0.457 e. The maximum atomic E-state index is 11.3. The van der Waals surface area contributed by atoms with Gasteiger partial charge in [0.25, 0.3) is 0 Å². The van der Waals surface area contributed by atoms with Gasteiger partial charge in [-0.2, -0.15) is 0 Å². The Balaban J connectivity index is 2.51. The highest BCUT2D eigenvalue weighted by Crippen LogP contribution is 2.03. The number of hydrogen-bond acceptors (Lipinski definition) is 3. The molecule has 78 valence electrons. The molecule has 0 unspecified atom stereocenters. The molecule has 1 N–H and O–H groups in total. The summed E-state index contributed by atoms with van der Waals surface area (Å²) < 4.78 is 4.93. The molecule has 0 radical (unpaired) electrons. The van der Waals surface area contributed by atoms with E-state index in [9.17, 15) is 4.79 Å². The van der Waals surface area contributed by atoms with Crippen LogP contribution in [0.4, 0.5) is 0 Å². The van der Waals surface area contributed by atoms with Gasteiger partial charge in [-0.15, -0.1) is 5.73 Å². The Labute approximate surface area is 88.3 Å². The predicted octanol–water partition coefficient (Wildman–Crippen LogP) is 1.43. The summed E-state index contributed by atoms with van der Waals surface area (Å²) in [5.74, 6) is -0.587. The van der Waals surface area contributed by atoms with Crippen LogP contribution in [0.5, 0.6) is 0 Å². The van der Waals surface area contributed by atoms with Crippen molar-refractivity contribution in [3.05, 3.63) is 53.8 Å². The maximum absolute atomic E-state index is 11.3. The van der Waals surface area contributed by atoms with Crippen LogP contribution in [0.15, 0.2) is 48.2 Å². The Hall–Kier alpha value is -1.83. The lowest BCUT2D eigenvalue weighted by Gasteiger charge is -2.04. The normalized spacial score (nSPS) is 9.13. The quantitative estimate of drug-likeness (QED) is 0.458. The van der Waals surface area contributed by atoms with E-state index in [-0.39, 0.29) is 12.2 Å². The molecule has 0 spiro atoms. The van der Waals surface area contributed by atoms with Crippen molar-refractivity contribution in [2.24, 2.45) is 0 Å². The molecule has 0 amide bonds. The van der Waals surface area contributed by atoms with Crippen LogP contribution in [0, 0.1) is 0 Å². The van der Waals surface area contributed by atoms with Gasteiger partial charge in [0.05, 0.1) is 6.61 Å². The summed E-state index contributed by atoms with van der Waals surface area (Å²) in [6.45, 7) is 3.06. The first-order valence-corrected chi connectivity index (χ1v) is 4.48. The Morgan fingerprint density at radius 1 is 1.40 bits per heavy atom. The zero-order chi connectivity index (χ0) is 11.1. The van der Waals surface area contributed by atoms with Crippen molar-refractivity contribution < 1.29 is 14.6 Å². The molecule has 1 aromatic carbocycles. The number of rotatable bonds is 4. The molecule has 0 fully saturated rings. The van der Waals surface area contributed by atoms with Crippen LogP contribution in [0.1, 0.15) is 5.56 Å². The lowest BCUT2D eigenvalue weighted by Crippen LogP contribution is -2.10. The fourth-order valence-corrected chi connectivity index (χ4v) is 1.00. The van der Waals surface area contributed by atoms with Crippen LogP contribution in [-0.2, 0) is 16.1 Å². The van der Waals surface area contributed by atoms with E-state index in [0.717, 1.165) is 5.56 Å². The average molecular weight is 204 g/mol. The number of ether oxygens (including phenoxy) is 1. The molecular weight excluding hydrogens is 192 g/mol. The highest BCUT2D eigenvalue weighted by Gasteiger charge is 2.08. The zero-order valence-corrected chi connectivity index (χ0v) is 8.27. The summed E-state index contributed by atoms with van der Waals surface area (Å²) in [4.78, 5) is 11.3. The van der Waals surface area contributed by atoms with Crippen molar-refractivity contribution in [3.63, 3.8) is 0 Å². The van der Waals surface area contributed by atoms with Crippen molar-refractivity contribution >= 4 is 5.97 Å². The topological polar surface area (TPSA) is 46.5 Å². The van der Waals surface area contributed by atoms with E-state index < -0.39 is 12.6 Å². The SMILES string of the molecule is C=C=C(CO)C(=O)OCc1ccccc1. The summed E-state index contributed by atoms with van der Waals surface area (Å²) >= 11 is 0. The van der Waals surface area contributed by atoms with Crippen LogP contribution < -0.4 is 0 Å². The molecule has 0 aromatic heterocycles. The Bertz CT molecular complexity index is 375. The number of benzene rings is 1.